The van der Waals surface area contributed by atoms with Gasteiger partial charge in [0, 0.05) is 10.5 Å². The topological polar surface area (TPSA) is 84.5 Å². The lowest BCUT2D eigenvalue weighted by Crippen LogP contribution is -2.36. The van der Waals surface area contributed by atoms with Gasteiger partial charge in [0.25, 0.3) is 5.91 Å². The zero-order valence-corrected chi connectivity index (χ0v) is 18.1. The molecule has 2 N–H and O–H groups in total. The van der Waals surface area contributed by atoms with Crippen molar-refractivity contribution in [2.24, 2.45) is 0 Å². The van der Waals surface area contributed by atoms with Gasteiger partial charge in [0.1, 0.15) is 11.6 Å². The second kappa shape index (κ2) is 9.69. The van der Waals surface area contributed by atoms with E-state index in [9.17, 15) is 17.6 Å². The van der Waals surface area contributed by atoms with Gasteiger partial charge in [-0.3, -0.25) is 4.79 Å². The molecule has 9 heteroatoms. The summed E-state index contributed by atoms with van der Waals surface area (Å²) in [6.07, 6.45) is 4.92. The molecule has 3 rings (SSSR count). The number of carbonyl (C=O) groups excluding carboxylic acids is 1. The molecular weight excluding hydrogens is 463 g/mol. The van der Waals surface area contributed by atoms with Crippen molar-refractivity contribution in [3.63, 3.8) is 0 Å². The molecule has 0 radical (unpaired) electrons. The van der Waals surface area contributed by atoms with Crippen molar-refractivity contribution < 1.29 is 22.3 Å². The zero-order valence-electron chi connectivity index (χ0n) is 15.7. The predicted octanol–water partition coefficient (Wildman–Crippen LogP) is 4.22. The van der Waals surface area contributed by atoms with E-state index in [4.69, 9.17) is 4.74 Å². The minimum Gasteiger partial charge on any atom is -0.484 e. The summed E-state index contributed by atoms with van der Waals surface area (Å²) in [5.74, 6) is -0.748. The summed E-state index contributed by atoms with van der Waals surface area (Å²) in [4.78, 5) is 12.1. The first-order valence-corrected chi connectivity index (χ1v) is 11.6. The van der Waals surface area contributed by atoms with E-state index < -0.39 is 21.7 Å². The average Bonchev–Trinajstić information content (AvgIpc) is 2.69. The van der Waals surface area contributed by atoms with Gasteiger partial charge in [-0.1, -0.05) is 35.2 Å². The van der Waals surface area contributed by atoms with E-state index in [1.165, 1.54) is 36.4 Å². The Labute approximate surface area is 178 Å². The Morgan fingerprint density at radius 1 is 1.10 bits per heavy atom. The lowest BCUT2D eigenvalue weighted by Gasteiger charge is -2.22. The number of amides is 1. The number of nitrogens with one attached hydrogen (secondary N) is 2. The molecule has 1 fully saturated rings. The smallest absolute Gasteiger partial charge is 0.262 e. The Morgan fingerprint density at radius 3 is 2.45 bits per heavy atom. The molecule has 1 saturated carbocycles. The Balaban J connectivity index is 1.53. The summed E-state index contributed by atoms with van der Waals surface area (Å²) >= 11 is 3.15. The van der Waals surface area contributed by atoms with Crippen molar-refractivity contribution in [3.8, 4) is 5.75 Å². The third kappa shape index (κ3) is 6.25. The lowest BCUT2D eigenvalue weighted by molar-refractivity contribution is -0.118. The Hall–Kier alpha value is -1.97. The van der Waals surface area contributed by atoms with Crippen LogP contribution in [0.5, 0.6) is 5.75 Å². The van der Waals surface area contributed by atoms with Crippen LogP contribution in [-0.2, 0) is 14.8 Å². The molecular formula is C20H22BrFN2O4S. The summed E-state index contributed by atoms with van der Waals surface area (Å²) in [6, 6.07) is 10.1. The summed E-state index contributed by atoms with van der Waals surface area (Å²) in [5.41, 5.74) is 0.0528. The average molecular weight is 485 g/mol. The third-order valence-corrected chi connectivity index (χ3v) is 6.67. The van der Waals surface area contributed by atoms with Crippen molar-refractivity contribution in [1.82, 2.24) is 4.72 Å². The van der Waals surface area contributed by atoms with E-state index in [2.05, 4.69) is 26.0 Å². The van der Waals surface area contributed by atoms with Gasteiger partial charge in [0.15, 0.2) is 6.61 Å². The van der Waals surface area contributed by atoms with Crippen LogP contribution in [0, 0.1) is 5.82 Å². The second-order valence-electron chi connectivity index (χ2n) is 6.89. The number of carbonyl (C=O) groups is 1. The summed E-state index contributed by atoms with van der Waals surface area (Å²) in [7, 11) is -3.59. The summed E-state index contributed by atoms with van der Waals surface area (Å²) in [6.45, 7) is -0.331. The monoisotopic (exact) mass is 484 g/mol. The van der Waals surface area contributed by atoms with Gasteiger partial charge in [0.2, 0.25) is 10.0 Å². The van der Waals surface area contributed by atoms with Crippen LogP contribution in [0.3, 0.4) is 0 Å². The fourth-order valence-electron chi connectivity index (χ4n) is 3.15. The van der Waals surface area contributed by atoms with Crippen molar-refractivity contribution in [3.05, 3.63) is 52.8 Å². The molecule has 1 amide bonds. The van der Waals surface area contributed by atoms with Crippen LogP contribution in [0.1, 0.15) is 32.1 Å². The highest BCUT2D eigenvalue weighted by atomic mass is 79.9. The van der Waals surface area contributed by atoms with Gasteiger partial charge in [0.05, 0.1) is 10.6 Å². The molecule has 0 bridgehead atoms. The van der Waals surface area contributed by atoms with E-state index in [-0.39, 0.29) is 23.2 Å². The molecule has 29 heavy (non-hydrogen) atoms. The van der Waals surface area contributed by atoms with E-state index >= 15 is 0 Å². The third-order valence-electron chi connectivity index (χ3n) is 4.64. The number of rotatable bonds is 7. The number of hydrogen-bond donors (Lipinski definition) is 2. The van der Waals surface area contributed by atoms with E-state index in [0.717, 1.165) is 32.1 Å². The fraction of sp³-hybridized carbons (Fsp3) is 0.350. The zero-order chi connectivity index (χ0) is 20.9. The first kappa shape index (κ1) is 21.7. The SMILES string of the molecule is O=C(COc1ccc(S(=O)(=O)NC2CCCCC2)cc1)Nc1ccc(Br)cc1F. The number of hydrogen-bond acceptors (Lipinski definition) is 4. The van der Waals surface area contributed by atoms with Crippen LogP contribution >= 0.6 is 15.9 Å². The van der Waals surface area contributed by atoms with Gasteiger partial charge in [-0.05, 0) is 55.3 Å². The number of anilines is 1. The lowest BCUT2D eigenvalue weighted by atomic mass is 9.96. The summed E-state index contributed by atoms with van der Waals surface area (Å²) in [5, 5.41) is 2.42. The van der Waals surface area contributed by atoms with E-state index in [1.807, 2.05) is 0 Å². The predicted molar refractivity (Wildman–Crippen MR) is 112 cm³/mol. The molecule has 0 aliphatic heterocycles. The molecule has 2 aromatic carbocycles. The largest absolute Gasteiger partial charge is 0.484 e. The van der Waals surface area contributed by atoms with Gasteiger partial charge in [-0.2, -0.15) is 0 Å². The molecule has 0 heterocycles. The van der Waals surface area contributed by atoms with Crippen molar-refractivity contribution >= 4 is 37.5 Å². The second-order valence-corrected chi connectivity index (χ2v) is 9.52. The highest BCUT2D eigenvalue weighted by Crippen LogP contribution is 2.22. The highest BCUT2D eigenvalue weighted by Gasteiger charge is 2.21. The standard InChI is InChI=1S/C20H22BrFN2O4S/c21-14-6-11-19(18(22)12-14)23-20(25)13-28-16-7-9-17(10-8-16)29(26,27)24-15-4-2-1-3-5-15/h6-12,15,24H,1-5,13H2,(H,23,25). The molecule has 0 aromatic heterocycles. The molecule has 0 unspecified atom stereocenters. The quantitative estimate of drug-likeness (QED) is 0.616. The first-order chi connectivity index (χ1) is 13.8. The van der Waals surface area contributed by atoms with Crippen LogP contribution in [-0.4, -0.2) is 27.0 Å². The molecule has 1 aliphatic rings. The van der Waals surface area contributed by atoms with Gasteiger partial charge in [-0.15, -0.1) is 0 Å². The number of sulfonamides is 1. The highest BCUT2D eigenvalue weighted by molar-refractivity contribution is 9.10. The maximum absolute atomic E-state index is 13.7. The molecule has 156 valence electrons. The summed E-state index contributed by atoms with van der Waals surface area (Å²) < 4.78 is 47.4. The van der Waals surface area contributed by atoms with E-state index in [1.54, 1.807) is 6.07 Å². The molecule has 0 spiro atoms. The maximum atomic E-state index is 13.7. The van der Waals surface area contributed by atoms with Crippen LogP contribution < -0.4 is 14.8 Å². The van der Waals surface area contributed by atoms with Crippen molar-refractivity contribution in [2.45, 2.75) is 43.0 Å². The van der Waals surface area contributed by atoms with Crippen molar-refractivity contribution in [2.75, 3.05) is 11.9 Å². The Morgan fingerprint density at radius 2 is 1.79 bits per heavy atom. The molecule has 0 atom stereocenters. The van der Waals surface area contributed by atoms with Crippen molar-refractivity contribution in [1.29, 1.82) is 0 Å². The number of halogens is 2. The van der Waals surface area contributed by atoms with Crippen LogP contribution in [0.25, 0.3) is 0 Å². The number of ether oxygens (including phenoxy) is 1. The first-order valence-electron chi connectivity index (χ1n) is 9.33. The molecule has 2 aromatic rings. The van der Waals surface area contributed by atoms with Crippen LogP contribution in [0.15, 0.2) is 51.8 Å². The Bertz CT molecular complexity index is 961. The minimum atomic E-state index is -3.59. The number of benzene rings is 2. The van der Waals surface area contributed by atoms with Gasteiger partial charge in [-0.25, -0.2) is 17.5 Å². The Kier molecular flexibility index (Phi) is 7.26. The molecule has 6 nitrogen and oxygen atoms in total. The van der Waals surface area contributed by atoms with Crippen LogP contribution in [0.2, 0.25) is 0 Å². The normalized spacial score (nSPS) is 15.1. The molecule has 0 saturated heterocycles. The van der Waals surface area contributed by atoms with Gasteiger partial charge >= 0.3 is 0 Å². The van der Waals surface area contributed by atoms with E-state index in [0.29, 0.717) is 10.2 Å². The fourth-order valence-corrected chi connectivity index (χ4v) is 4.79. The van der Waals surface area contributed by atoms with Crippen LogP contribution in [0.4, 0.5) is 10.1 Å². The molecule has 1 aliphatic carbocycles. The van der Waals surface area contributed by atoms with Gasteiger partial charge < -0.3 is 10.1 Å². The minimum absolute atomic E-state index is 0.0209. The maximum Gasteiger partial charge on any atom is 0.262 e.